The lowest BCUT2D eigenvalue weighted by Gasteiger charge is -2.17. The lowest BCUT2D eigenvalue weighted by molar-refractivity contribution is 0.161. The Morgan fingerprint density at radius 3 is 2.45 bits per heavy atom. The van der Waals surface area contributed by atoms with Gasteiger partial charge in [-0.1, -0.05) is 12.1 Å². The summed E-state index contributed by atoms with van der Waals surface area (Å²) in [5, 5.41) is 12.9. The first kappa shape index (κ1) is 14.6. The average molecular weight is 278 g/mol. The molecule has 2 rings (SSSR count). The van der Waals surface area contributed by atoms with Gasteiger partial charge >= 0.3 is 0 Å². The molecule has 0 aliphatic carbocycles. The number of halogens is 2. The molecule has 1 heterocycles. The van der Waals surface area contributed by atoms with Crippen molar-refractivity contribution in [1.29, 1.82) is 0 Å². The van der Waals surface area contributed by atoms with Crippen LogP contribution in [0.3, 0.4) is 0 Å². The highest BCUT2D eigenvalue weighted by Gasteiger charge is 2.18. The van der Waals surface area contributed by atoms with Gasteiger partial charge in [0, 0.05) is 18.8 Å². The number of nitrogens with zero attached hydrogens (tertiary/aromatic N) is 1. The minimum atomic E-state index is -1.25. The summed E-state index contributed by atoms with van der Waals surface area (Å²) in [6.07, 6.45) is 0.419. The summed E-state index contributed by atoms with van der Waals surface area (Å²) in [7, 11) is 0. The SMILES string of the molecule is CC(NCC(O)c1c(F)cccc1F)c1ccccn1. The molecule has 2 unspecified atom stereocenters. The molecule has 0 aliphatic rings. The minimum Gasteiger partial charge on any atom is -0.387 e. The molecule has 0 fully saturated rings. The summed E-state index contributed by atoms with van der Waals surface area (Å²) in [4.78, 5) is 4.17. The third kappa shape index (κ3) is 3.37. The predicted molar refractivity (Wildman–Crippen MR) is 72.0 cm³/mol. The second-order valence-electron chi connectivity index (χ2n) is 4.54. The molecule has 0 amide bonds. The Kier molecular flexibility index (Phi) is 4.76. The standard InChI is InChI=1S/C15H16F2N2O/c1-10(13-7-2-3-8-18-13)19-9-14(20)15-11(16)5-4-6-12(15)17/h2-8,10,14,19-20H,9H2,1H3. The first-order valence-corrected chi connectivity index (χ1v) is 6.36. The Morgan fingerprint density at radius 2 is 1.85 bits per heavy atom. The highest BCUT2D eigenvalue weighted by molar-refractivity contribution is 5.22. The molecule has 2 atom stereocenters. The lowest BCUT2D eigenvalue weighted by atomic mass is 10.1. The number of benzene rings is 1. The van der Waals surface area contributed by atoms with Gasteiger partial charge in [-0.3, -0.25) is 4.98 Å². The van der Waals surface area contributed by atoms with Gasteiger partial charge in [0.05, 0.1) is 17.4 Å². The van der Waals surface area contributed by atoms with Gasteiger partial charge in [0.15, 0.2) is 0 Å². The number of aliphatic hydroxyl groups is 1. The molecule has 1 aromatic carbocycles. The first-order valence-electron chi connectivity index (χ1n) is 6.36. The van der Waals surface area contributed by atoms with Crippen molar-refractivity contribution in [2.24, 2.45) is 0 Å². The van der Waals surface area contributed by atoms with Gasteiger partial charge in [0.2, 0.25) is 0 Å². The molecule has 1 aromatic heterocycles. The first-order chi connectivity index (χ1) is 9.59. The number of rotatable bonds is 5. The Bertz CT molecular complexity index is 543. The maximum absolute atomic E-state index is 13.5. The van der Waals surface area contributed by atoms with E-state index < -0.39 is 17.7 Å². The number of nitrogens with one attached hydrogen (secondary N) is 1. The molecular formula is C15H16F2N2O. The molecule has 0 bridgehead atoms. The lowest BCUT2D eigenvalue weighted by Crippen LogP contribution is -2.26. The summed E-state index contributed by atoms with van der Waals surface area (Å²) < 4.78 is 27.0. The highest BCUT2D eigenvalue weighted by atomic mass is 19.1. The normalized spacial score (nSPS) is 14.0. The topological polar surface area (TPSA) is 45.1 Å². The van der Waals surface area contributed by atoms with E-state index in [-0.39, 0.29) is 18.2 Å². The third-order valence-electron chi connectivity index (χ3n) is 3.08. The molecule has 2 N–H and O–H groups in total. The maximum Gasteiger partial charge on any atom is 0.131 e. The molecular weight excluding hydrogens is 262 g/mol. The molecule has 0 spiro atoms. The summed E-state index contributed by atoms with van der Waals surface area (Å²) in [5.74, 6) is -1.49. The third-order valence-corrected chi connectivity index (χ3v) is 3.08. The van der Waals surface area contributed by atoms with E-state index in [1.807, 2.05) is 19.1 Å². The van der Waals surface area contributed by atoms with Crippen LogP contribution in [0.5, 0.6) is 0 Å². The number of hydrogen-bond acceptors (Lipinski definition) is 3. The largest absolute Gasteiger partial charge is 0.387 e. The van der Waals surface area contributed by atoms with Crippen LogP contribution in [0, 0.1) is 11.6 Å². The van der Waals surface area contributed by atoms with Crippen LogP contribution < -0.4 is 5.32 Å². The van der Waals surface area contributed by atoms with Gasteiger partial charge < -0.3 is 10.4 Å². The molecule has 20 heavy (non-hydrogen) atoms. The molecule has 0 saturated carbocycles. The van der Waals surface area contributed by atoms with E-state index in [2.05, 4.69) is 10.3 Å². The van der Waals surface area contributed by atoms with Crippen molar-refractivity contribution in [2.45, 2.75) is 19.1 Å². The van der Waals surface area contributed by atoms with Crippen LogP contribution in [0.25, 0.3) is 0 Å². The van der Waals surface area contributed by atoms with E-state index >= 15 is 0 Å². The zero-order valence-electron chi connectivity index (χ0n) is 11.1. The number of hydrogen-bond donors (Lipinski definition) is 2. The van der Waals surface area contributed by atoms with Crippen molar-refractivity contribution in [3.63, 3.8) is 0 Å². The quantitative estimate of drug-likeness (QED) is 0.884. The van der Waals surface area contributed by atoms with Crippen molar-refractivity contribution in [3.8, 4) is 0 Å². The molecule has 0 saturated heterocycles. The minimum absolute atomic E-state index is 0.0373. The fourth-order valence-electron chi connectivity index (χ4n) is 1.96. The molecule has 3 nitrogen and oxygen atoms in total. The van der Waals surface area contributed by atoms with Crippen molar-refractivity contribution < 1.29 is 13.9 Å². The van der Waals surface area contributed by atoms with Crippen molar-refractivity contribution in [3.05, 3.63) is 65.5 Å². The van der Waals surface area contributed by atoms with Crippen LogP contribution in [0.15, 0.2) is 42.6 Å². The van der Waals surface area contributed by atoms with E-state index in [0.717, 1.165) is 17.8 Å². The van der Waals surface area contributed by atoms with Crippen LogP contribution >= 0.6 is 0 Å². The summed E-state index contributed by atoms with van der Waals surface area (Å²) in [6, 6.07) is 8.90. The zero-order chi connectivity index (χ0) is 14.5. The Labute approximate surface area is 116 Å². The molecule has 0 aliphatic heterocycles. The number of pyridine rings is 1. The highest BCUT2D eigenvalue weighted by Crippen LogP contribution is 2.20. The van der Waals surface area contributed by atoms with Gasteiger partial charge in [-0.15, -0.1) is 0 Å². The van der Waals surface area contributed by atoms with Crippen molar-refractivity contribution in [1.82, 2.24) is 10.3 Å². The van der Waals surface area contributed by atoms with Gasteiger partial charge in [-0.05, 0) is 31.2 Å². The Hall–Kier alpha value is -1.85. The molecule has 2 aromatic rings. The second kappa shape index (κ2) is 6.54. The van der Waals surface area contributed by atoms with Crippen molar-refractivity contribution in [2.75, 3.05) is 6.54 Å². The van der Waals surface area contributed by atoms with E-state index in [1.54, 1.807) is 12.3 Å². The molecule has 106 valence electrons. The Morgan fingerprint density at radius 1 is 1.15 bits per heavy atom. The van der Waals surface area contributed by atoms with Gasteiger partial charge in [0.25, 0.3) is 0 Å². The van der Waals surface area contributed by atoms with E-state index in [9.17, 15) is 13.9 Å². The van der Waals surface area contributed by atoms with Crippen molar-refractivity contribution >= 4 is 0 Å². The number of aromatic nitrogens is 1. The van der Waals surface area contributed by atoms with Gasteiger partial charge in [0.1, 0.15) is 11.6 Å². The fraction of sp³-hybridized carbons (Fsp3) is 0.267. The number of aliphatic hydroxyl groups excluding tert-OH is 1. The smallest absolute Gasteiger partial charge is 0.131 e. The predicted octanol–water partition coefficient (Wildman–Crippen LogP) is 2.74. The average Bonchev–Trinajstić information content (AvgIpc) is 2.45. The maximum atomic E-state index is 13.5. The van der Waals surface area contributed by atoms with Crippen LogP contribution in [0.4, 0.5) is 8.78 Å². The molecule has 0 radical (unpaired) electrons. The van der Waals surface area contributed by atoms with E-state index in [4.69, 9.17) is 0 Å². The molecule has 5 heteroatoms. The van der Waals surface area contributed by atoms with Crippen LogP contribution in [-0.4, -0.2) is 16.6 Å². The summed E-state index contributed by atoms with van der Waals surface area (Å²) in [5.41, 5.74) is 0.488. The van der Waals surface area contributed by atoms with Crippen LogP contribution in [0.1, 0.15) is 30.3 Å². The summed E-state index contributed by atoms with van der Waals surface area (Å²) in [6.45, 7) is 1.91. The van der Waals surface area contributed by atoms with Gasteiger partial charge in [-0.2, -0.15) is 0 Å². The van der Waals surface area contributed by atoms with Crippen LogP contribution in [0.2, 0.25) is 0 Å². The summed E-state index contributed by atoms with van der Waals surface area (Å²) >= 11 is 0. The van der Waals surface area contributed by atoms with Gasteiger partial charge in [-0.25, -0.2) is 8.78 Å². The fourth-order valence-corrected chi connectivity index (χ4v) is 1.96. The van der Waals surface area contributed by atoms with E-state index in [1.165, 1.54) is 6.07 Å². The second-order valence-corrected chi connectivity index (χ2v) is 4.54. The monoisotopic (exact) mass is 278 g/mol. The zero-order valence-corrected chi connectivity index (χ0v) is 11.1. The Balaban J connectivity index is 2.00. The van der Waals surface area contributed by atoms with E-state index in [0.29, 0.717) is 0 Å². The van der Waals surface area contributed by atoms with Crippen LogP contribution in [-0.2, 0) is 0 Å².